The van der Waals surface area contributed by atoms with Gasteiger partial charge in [-0.3, -0.25) is 0 Å². The Morgan fingerprint density at radius 2 is 2.06 bits per heavy atom. The summed E-state index contributed by atoms with van der Waals surface area (Å²) in [4.78, 5) is 4.31. The van der Waals surface area contributed by atoms with Gasteiger partial charge in [-0.25, -0.2) is 4.98 Å². The number of benzene rings is 1. The third kappa shape index (κ3) is 2.99. The lowest BCUT2D eigenvalue weighted by Gasteiger charge is -2.03. The standard InChI is InChI=1S/C15H20N2O/c1-3-9-16-11-15-17-10-14(18-15)13-8-6-5-7-12(13)4-2/h5-8,10,16H,3-4,9,11H2,1-2H3. The number of aryl methyl sites for hydroxylation is 1. The number of rotatable bonds is 6. The molecule has 0 bridgehead atoms. The normalized spacial score (nSPS) is 10.8. The van der Waals surface area contributed by atoms with E-state index in [9.17, 15) is 0 Å². The number of nitrogens with zero attached hydrogens (tertiary/aromatic N) is 1. The second-order valence-electron chi connectivity index (χ2n) is 4.31. The van der Waals surface area contributed by atoms with Gasteiger partial charge in [-0.15, -0.1) is 0 Å². The second kappa shape index (κ2) is 6.36. The molecule has 0 aliphatic rings. The van der Waals surface area contributed by atoms with Crippen molar-refractivity contribution < 1.29 is 4.42 Å². The van der Waals surface area contributed by atoms with E-state index in [1.165, 1.54) is 5.56 Å². The van der Waals surface area contributed by atoms with Crippen molar-refractivity contribution in [3.05, 3.63) is 41.9 Å². The van der Waals surface area contributed by atoms with Crippen LogP contribution in [0, 0.1) is 0 Å². The second-order valence-corrected chi connectivity index (χ2v) is 4.31. The first kappa shape index (κ1) is 12.8. The minimum atomic E-state index is 0.697. The molecular weight excluding hydrogens is 224 g/mol. The number of oxazole rings is 1. The summed E-state index contributed by atoms with van der Waals surface area (Å²) >= 11 is 0. The summed E-state index contributed by atoms with van der Waals surface area (Å²) in [6.07, 6.45) is 3.93. The fourth-order valence-electron chi connectivity index (χ4n) is 1.96. The summed E-state index contributed by atoms with van der Waals surface area (Å²) in [5, 5.41) is 3.29. The molecule has 1 heterocycles. The number of nitrogens with one attached hydrogen (secondary N) is 1. The van der Waals surface area contributed by atoms with Crippen molar-refractivity contribution in [2.45, 2.75) is 33.2 Å². The number of aromatic nitrogens is 1. The Hall–Kier alpha value is -1.61. The van der Waals surface area contributed by atoms with E-state index in [0.717, 1.165) is 36.6 Å². The first-order valence-electron chi connectivity index (χ1n) is 6.58. The van der Waals surface area contributed by atoms with Crippen LogP contribution in [0.25, 0.3) is 11.3 Å². The van der Waals surface area contributed by atoms with Crippen molar-refractivity contribution in [2.24, 2.45) is 0 Å². The summed E-state index contributed by atoms with van der Waals surface area (Å²) in [5.41, 5.74) is 2.44. The van der Waals surface area contributed by atoms with Crippen LogP contribution in [-0.4, -0.2) is 11.5 Å². The molecule has 3 nitrogen and oxygen atoms in total. The van der Waals surface area contributed by atoms with E-state index in [0.29, 0.717) is 6.54 Å². The zero-order valence-electron chi connectivity index (χ0n) is 11.1. The molecule has 0 radical (unpaired) electrons. The lowest BCUT2D eigenvalue weighted by Crippen LogP contribution is -2.13. The highest BCUT2D eigenvalue weighted by atomic mass is 16.4. The monoisotopic (exact) mass is 244 g/mol. The minimum Gasteiger partial charge on any atom is -0.439 e. The predicted octanol–water partition coefficient (Wildman–Crippen LogP) is 3.40. The van der Waals surface area contributed by atoms with Gasteiger partial charge in [0.15, 0.2) is 5.76 Å². The van der Waals surface area contributed by atoms with Crippen LogP contribution < -0.4 is 5.32 Å². The van der Waals surface area contributed by atoms with Crippen molar-refractivity contribution in [1.29, 1.82) is 0 Å². The highest BCUT2D eigenvalue weighted by molar-refractivity contribution is 5.61. The van der Waals surface area contributed by atoms with Gasteiger partial charge in [0, 0.05) is 5.56 Å². The van der Waals surface area contributed by atoms with Gasteiger partial charge in [-0.1, -0.05) is 38.1 Å². The smallest absolute Gasteiger partial charge is 0.208 e. The SMILES string of the molecule is CCCNCc1ncc(-c2ccccc2CC)o1. The average molecular weight is 244 g/mol. The maximum Gasteiger partial charge on any atom is 0.208 e. The zero-order chi connectivity index (χ0) is 12.8. The van der Waals surface area contributed by atoms with E-state index < -0.39 is 0 Å². The molecule has 0 saturated carbocycles. The summed E-state index contributed by atoms with van der Waals surface area (Å²) < 4.78 is 5.79. The Morgan fingerprint density at radius 1 is 1.22 bits per heavy atom. The van der Waals surface area contributed by atoms with Crippen molar-refractivity contribution in [3.63, 3.8) is 0 Å². The van der Waals surface area contributed by atoms with Crippen molar-refractivity contribution in [3.8, 4) is 11.3 Å². The first-order valence-corrected chi connectivity index (χ1v) is 6.58. The molecule has 0 fully saturated rings. The molecule has 96 valence electrons. The molecule has 2 rings (SSSR count). The number of hydrogen-bond donors (Lipinski definition) is 1. The van der Waals surface area contributed by atoms with E-state index >= 15 is 0 Å². The Bertz CT molecular complexity index is 491. The van der Waals surface area contributed by atoms with Crippen LogP contribution in [0.15, 0.2) is 34.9 Å². The maximum atomic E-state index is 5.79. The molecule has 0 spiro atoms. The molecule has 0 aliphatic carbocycles. The quantitative estimate of drug-likeness (QED) is 0.791. The topological polar surface area (TPSA) is 38.1 Å². The van der Waals surface area contributed by atoms with Crippen LogP contribution >= 0.6 is 0 Å². The molecular formula is C15H20N2O. The summed E-state index contributed by atoms with van der Waals surface area (Å²) in [6, 6.07) is 8.31. The fraction of sp³-hybridized carbons (Fsp3) is 0.400. The average Bonchev–Trinajstić information content (AvgIpc) is 2.88. The number of hydrogen-bond acceptors (Lipinski definition) is 3. The molecule has 0 unspecified atom stereocenters. The van der Waals surface area contributed by atoms with E-state index in [-0.39, 0.29) is 0 Å². The third-order valence-electron chi connectivity index (χ3n) is 2.92. The highest BCUT2D eigenvalue weighted by Crippen LogP contribution is 2.24. The Kier molecular flexibility index (Phi) is 4.53. The molecule has 0 amide bonds. The van der Waals surface area contributed by atoms with Crippen molar-refractivity contribution in [1.82, 2.24) is 10.3 Å². The maximum absolute atomic E-state index is 5.79. The molecule has 0 aliphatic heterocycles. The molecule has 0 saturated heterocycles. The lowest BCUT2D eigenvalue weighted by atomic mass is 10.0. The van der Waals surface area contributed by atoms with Crippen LogP contribution in [0.5, 0.6) is 0 Å². The summed E-state index contributed by atoms with van der Waals surface area (Å²) in [7, 11) is 0. The molecule has 3 heteroatoms. The third-order valence-corrected chi connectivity index (χ3v) is 2.92. The van der Waals surface area contributed by atoms with Crippen LogP contribution in [0.1, 0.15) is 31.7 Å². The Morgan fingerprint density at radius 3 is 2.83 bits per heavy atom. The van der Waals surface area contributed by atoms with Crippen molar-refractivity contribution in [2.75, 3.05) is 6.54 Å². The van der Waals surface area contributed by atoms with Gasteiger partial charge >= 0.3 is 0 Å². The van der Waals surface area contributed by atoms with Gasteiger partial charge < -0.3 is 9.73 Å². The van der Waals surface area contributed by atoms with Gasteiger partial charge in [0.05, 0.1) is 12.7 Å². The van der Waals surface area contributed by atoms with Gasteiger partial charge in [0.25, 0.3) is 0 Å². The fourth-order valence-corrected chi connectivity index (χ4v) is 1.96. The van der Waals surface area contributed by atoms with E-state index in [1.54, 1.807) is 0 Å². The highest BCUT2D eigenvalue weighted by Gasteiger charge is 2.08. The molecule has 18 heavy (non-hydrogen) atoms. The lowest BCUT2D eigenvalue weighted by molar-refractivity contribution is 0.477. The van der Waals surface area contributed by atoms with Crippen LogP contribution in [0.3, 0.4) is 0 Å². The Labute approximate surface area is 108 Å². The van der Waals surface area contributed by atoms with Gasteiger partial charge in [-0.05, 0) is 24.9 Å². The molecule has 1 aromatic heterocycles. The zero-order valence-corrected chi connectivity index (χ0v) is 11.1. The minimum absolute atomic E-state index is 0.697. The van der Waals surface area contributed by atoms with E-state index in [1.807, 2.05) is 12.3 Å². The van der Waals surface area contributed by atoms with Crippen molar-refractivity contribution >= 4 is 0 Å². The predicted molar refractivity (Wildman–Crippen MR) is 73.3 cm³/mol. The molecule has 1 N–H and O–H groups in total. The molecule has 1 aromatic carbocycles. The van der Waals surface area contributed by atoms with Crippen LogP contribution in [0.2, 0.25) is 0 Å². The van der Waals surface area contributed by atoms with Gasteiger partial charge in [-0.2, -0.15) is 0 Å². The van der Waals surface area contributed by atoms with Crippen LogP contribution in [-0.2, 0) is 13.0 Å². The Balaban J connectivity index is 2.13. The van der Waals surface area contributed by atoms with E-state index in [2.05, 4.69) is 42.3 Å². The first-order chi connectivity index (χ1) is 8.85. The largest absolute Gasteiger partial charge is 0.439 e. The summed E-state index contributed by atoms with van der Waals surface area (Å²) in [6.45, 7) is 5.98. The van der Waals surface area contributed by atoms with Gasteiger partial charge in [0.2, 0.25) is 5.89 Å². The van der Waals surface area contributed by atoms with Crippen LogP contribution in [0.4, 0.5) is 0 Å². The van der Waals surface area contributed by atoms with E-state index in [4.69, 9.17) is 4.42 Å². The summed E-state index contributed by atoms with van der Waals surface area (Å²) in [5.74, 6) is 1.62. The van der Waals surface area contributed by atoms with Gasteiger partial charge in [0.1, 0.15) is 0 Å². The molecule has 0 atom stereocenters. The molecule has 2 aromatic rings.